The third-order valence-corrected chi connectivity index (χ3v) is 4.49. The van der Waals surface area contributed by atoms with E-state index in [9.17, 15) is 9.59 Å². The number of rotatable bonds is 5. The molecule has 4 rings (SSSR count). The summed E-state index contributed by atoms with van der Waals surface area (Å²) in [6, 6.07) is 17.2. The van der Waals surface area contributed by atoms with Crippen molar-refractivity contribution >= 4 is 27.8 Å². The second kappa shape index (κ2) is 7.37. The van der Waals surface area contributed by atoms with E-state index < -0.39 is 0 Å². The summed E-state index contributed by atoms with van der Waals surface area (Å²) in [7, 11) is 0. The van der Waals surface area contributed by atoms with Crippen molar-refractivity contribution in [2.45, 2.75) is 13.0 Å². The zero-order valence-corrected chi connectivity index (χ0v) is 14.6. The average molecular weight is 358 g/mol. The summed E-state index contributed by atoms with van der Waals surface area (Å²) in [6.45, 7) is 0.446. The maximum atomic E-state index is 12.4. The van der Waals surface area contributed by atoms with Crippen molar-refractivity contribution in [3.8, 4) is 0 Å². The molecule has 1 amide bonds. The molecule has 6 nitrogen and oxygen atoms in total. The lowest BCUT2D eigenvalue weighted by Gasteiger charge is -2.10. The molecule has 0 bridgehead atoms. The van der Waals surface area contributed by atoms with Crippen LogP contribution in [0.1, 0.15) is 5.56 Å². The van der Waals surface area contributed by atoms with Gasteiger partial charge in [0.15, 0.2) is 0 Å². The number of aromatic nitrogens is 3. The molecule has 6 heteroatoms. The van der Waals surface area contributed by atoms with Gasteiger partial charge < -0.3 is 5.32 Å². The van der Waals surface area contributed by atoms with Crippen molar-refractivity contribution in [2.24, 2.45) is 0 Å². The van der Waals surface area contributed by atoms with Crippen LogP contribution in [0.2, 0.25) is 0 Å². The summed E-state index contributed by atoms with van der Waals surface area (Å²) in [6.07, 6.45) is 3.69. The number of pyridine rings is 1. The topological polar surface area (TPSA) is 76.9 Å². The van der Waals surface area contributed by atoms with Crippen LogP contribution in [0.4, 0.5) is 0 Å². The summed E-state index contributed by atoms with van der Waals surface area (Å²) in [5.41, 5.74) is 3.08. The van der Waals surface area contributed by atoms with Gasteiger partial charge in [0, 0.05) is 18.1 Å². The lowest BCUT2D eigenvalue weighted by molar-refractivity contribution is -0.121. The van der Waals surface area contributed by atoms with E-state index in [1.807, 2.05) is 48.5 Å². The summed E-state index contributed by atoms with van der Waals surface area (Å²) >= 11 is 0. The van der Waals surface area contributed by atoms with Crippen LogP contribution >= 0.6 is 0 Å². The molecule has 2 aromatic carbocycles. The Hall–Kier alpha value is -3.54. The van der Waals surface area contributed by atoms with Crippen molar-refractivity contribution in [1.29, 1.82) is 0 Å². The first-order valence-electron chi connectivity index (χ1n) is 8.76. The molecule has 0 saturated carbocycles. The van der Waals surface area contributed by atoms with Gasteiger partial charge in [-0.2, -0.15) is 0 Å². The van der Waals surface area contributed by atoms with E-state index in [-0.39, 0.29) is 18.0 Å². The van der Waals surface area contributed by atoms with Gasteiger partial charge in [0.2, 0.25) is 5.91 Å². The molecule has 2 heterocycles. The van der Waals surface area contributed by atoms with E-state index in [4.69, 9.17) is 0 Å². The molecule has 2 aromatic heterocycles. The Labute approximate surface area is 155 Å². The monoisotopic (exact) mass is 358 g/mol. The lowest BCUT2D eigenvalue weighted by Crippen LogP contribution is -2.33. The number of nitrogens with one attached hydrogen (secondary N) is 1. The fourth-order valence-corrected chi connectivity index (χ4v) is 3.18. The van der Waals surface area contributed by atoms with Gasteiger partial charge in [-0.15, -0.1) is 0 Å². The molecule has 1 N–H and O–H groups in total. The van der Waals surface area contributed by atoms with Crippen molar-refractivity contribution in [2.75, 3.05) is 6.54 Å². The molecular formula is C21H18N4O2. The second-order valence-electron chi connectivity index (χ2n) is 6.26. The van der Waals surface area contributed by atoms with E-state index >= 15 is 0 Å². The standard InChI is InChI=1S/C21H18N4O2/c26-19(14-25-18-9-2-1-8-17(18)24-13-20(25)27)22-12-10-16-6-3-5-15-7-4-11-23-21(15)16/h1-9,11,13H,10,12,14H2,(H,22,26). The number of hydrogen-bond donors (Lipinski definition) is 1. The molecule has 0 aliphatic carbocycles. The number of fused-ring (bicyclic) bond motifs is 2. The Morgan fingerprint density at radius 1 is 1.00 bits per heavy atom. The number of hydrogen-bond acceptors (Lipinski definition) is 4. The first-order valence-corrected chi connectivity index (χ1v) is 8.76. The molecule has 27 heavy (non-hydrogen) atoms. The van der Waals surface area contributed by atoms with Gasteiger partial charge in [0.1, 0.15) is 6.54 Å². The van der Waals surface area contributed by atoms with Crippen LogP contribution in [0.3, 0.4) is 0 Å². The van der Waals surface area contributed by atoms with Crippen LogP contribution in [-0.2, 0) is 17.8 Å². The van der Waals surface area contributed by atoms with Gasteiger partial charge >= 0.3 is 0 Å². The van der Waals surface area contributed by atoms with Crippen molar-refractivity contribution in [1.82, 2.24) is 19.9 Å². The van der Waals surface area contributed by atoms with Crippen LogP contribution < -0.4 is 10.9 Å². The predicted molar refractivity (Wildman–Crippen MR) is 104 cm³/mol. The minimum absolute atomic E-state index is 0.0321. The summed E-state index contributed by atoms with van der Waals surface area (Å²) in [4.78, 5) is 33.0. The Balaban J connectivity index is 1.45. The van der Waals surface area contributed by atoms with E-state index in [0.29, 0.717) is 24.0 Å². The van der Waals surface area contributed by atoms with Crippen molar-refractivity contribution in [3.05, 3.63) is 82.9 Å². The number of nitrogens with zero attached hydrogens (tertiary/aromatic N) is 3. The first-order chi connectivity index (χ1) is 13.2. The number of carbonyl (C=O) groups is 1. The van der Waals surface area contributed by atoms with E-state index in [0.717, 1.165) is 16.5 Å². The zero-order chi connectivity index (χ0) is 18.6. The number of para-hydroxylation sites is 3. The summed E-state index contributed by atoms with van der Waals surface area (Å²) in [5, 5.41) is 3.97. The molecule has 0 fully saturated rings. The summed E-state index contributed by atoms with van der Waals surface area (Å²) < 4.78 is 1.44. The Morgan fingerprint density at radius 2 is 1.85 bits per heavy atom. The van der Waals surface area contributed by atoms with Crippen LogP contribution in [0.25, 0.3) is 21.9 Å². The molecule has 0 aliphatic rings. The second-order valence-corrected chi connectivity index (χ2v) is 6.26. The number of amides is 1. The fraction of sp³-hybridized carbons (Fsp3) is 0.143. The van der Waals surface area contributed by atoms with Gasteiger partial charge in [-0.1, -0.05) is 36.4 Å². The Kier molecular flexibility index (Phi) is 4.61. The van der Waals surface area contributed by atoms with Gasteiger partial charge in [-0.3, -0.25) is 19.1 Å². The van der Waals surface area contributed by atoms with Gasteiger partial charge in [0.05, 0.1) is 22.7 Å². The molecule has 0 spiro atoms. The zero-order valence-electron chi connectivity index (χ0n) is 14.6. The van der Waals surface area contributed by atoms with Crippen LogP contribution in [-0.4, -0.2) is 27.0 Å². The summed E-state index contributed by atoms with van der Waals surface area (Å²) in [5.74, 6) is -0.207. The molecule has 0 aliphatic heterocycles. The molecule has 0 unspecified atom stereocenters. The predicted octanol–water partition coefficient (Wildman–Crippen LogP) is 2.30. The minimum atomic E-state index is -0.290. The quantitative estimate of drug-likeness (QED) is 0.594. The first kappa shape index (κ1) is 16.9. The highest BCUT2D eigenvalue weighted by atomic mass is 16.2. The molecule has 0 atom stereocenters. The Morgan fingerprint density at radius 3 is 2.78 bits per heavy atom. The highest BCUT2D eigenvalue weighted by Gasteiger charge is 2.09. The molecule has 0 saturated heterocycles. The molecule has 134 valence electrons. The highest BCUT2D eigenvalue weighted by molar-refractivity contribution is 5.82. The fourth-order valence-electron chi connectivity index (χ4n) is 3.18. The number of carbonyl (C=O) groups excluding carboxylic acids is 1. The van der Waals surface area contributed by atoms with E-state index in [1.165, 1.54) is 10.8 Å². The van der Waals surface area contributed by atoms with Gasteiger partial charge in [-0.25, -0.2) is 4.98 Å². The largest absolute Gasteiger partial charge is 0.354 e. The Bertz CT molecular complexity index is 1180. The average Bonchev–Trinajstić information content (AvgIpc) is 2.70. The minimum Gasteiger partial charge on any atom is -0.354 e. The lowest BCUT2D eigenvalue weighted by atomic mass is 10.1. The molecule has 4 aromatic rings. The SMILES string of the molecule is O=C(Cn1c(=O)cnc2ccccc21)NCCc1cccc2cccnc12. The maximum absolute atomic E-state index is 12.4. The molecular weight excluding hydrogens is 340 g/mol. The van der Waals surface area contributed by atoms with Crippen LogP contribution in [0, 0.1) is 0 Å². The highest BCUT2D eigenvalue weighted by Crippen LogP contribution is 2.16. The van der Waals surface area contributed by atoms with Crippen molar-refractivity contribution in [3.63, 3.8) is 0 Å². The normalized spacial score (nSPS) is 11.0. The van der Waals surface area contributed by atoms with E-state index in [1.54, 1.807) is 12.3 Å². The molecule has 0 radical (unpaired) electrons. The van der Waals surface area contributed by atoms with Crippen LogP contribution in [0.5, 0.6) is 0 Å². The third-order valence-electron chi connectivity index (χ3n) is 4.49. The number of benzene rings is 2. The van der Waals surface area contributed by atoms with E-state index in [2.05, 4.69) is 15.3 Å². The third kappa shape index (κ3) is 3.55. The maximum Gasteiger partial charge on any atom is 0.269 e. The van der Waals surface area contributed by atoms with Crippen LogP contribution in [0.15, 0.2) is 71.8 Å². The smallest absolute Gasteiger partial charge is 0.269 e. The van der Waals surface area contributed by atoms with Crippen molar-refractivity contribution < 1.29 is 4.79 Å². The van der Waals surface area contributed by atoms with Gasteiger partial charge in [0.25, 0.3) is 5.56 Å². The van der Waals surface area contributed by atoms with Gasteiger partial charge in [-0.05, 0) is 30.2 Å².